The van der Waals surface area contributed by atoms with Gasteiger partial charge in [-0.05, 0) is 18.9 Å². The van der Waals surface area contributed by atoms with Crippen LogP contribution in [-0.4, -0.2) is 14.6 Å². The molecule has 0 aliphatic heterocycles. The molecule has 1 aliphatic carbocycles. The molecule has 1 aliphatic rings. The fourth-order valence-corrected chi connectivity index (χ4v) is 2.34. The second-order valence-electron chi connectivity index (χ2n) is 4.32. The van der Waals surface area contributed by atoms with E-state index in [-0.39, 0.29) is 5.54 Å². The van der Waals surface area contributed by atoms with Crippen LogP contribution in [0, 0.1) is 0 Å². The maximum Gasteiger partial charge on any atom is 0.155 e. The molecule has 2 aromatic rings. The van der Waals surface area contributed by atoms with Gasteiger partial charge in [0.2, 0.25) is 0 Å². The Hall–Kier alpha value is -1.42. The lowest BCUT2D eigenvalue weighted by Crippen LogP contribution is -2.33. The van der Waals surface area contributed by atoms with E-state index in [1.165, 1.54) is 12.8 Å². The predicted molar refractivity (Wildman–Crippen MR) is 57.3 cm³/mol. The standard InChI is InChI=1S/C11H14N4/c12-11(4-1-2-5-11)9-8-10-13-6-3-7-15(10)14-9/h3,6-8H,1-2,4-5,12H2. The summed E-state index contributed by atoms with van der Waals surface area (Å²) in [6.07, 6.45) is 8.17. The molecule has 0 bridgehead atoms. The Bertz CT molecular complexity index is 449. The molecule has 2 N–H and O–H groups in total. The summed E-state index contributed by atoms with van der Waals surface area (Å²) in [4.78, 5) is 4.25. The number of nitrogens with two attached hydrogens (primary N) is 1. The van der Waals surface area contributed by atoms with Gasteiger partial charge < -0.3 is 5.73 Å². The summed E-state index contributed by atoms with van der Waals surface area (Å²) in [6.45, 7) is 0. The van der Waals surface area contributed by atoms with Crippen molar-refractivity contribution in [1.82, 2.24) is 14.6 Å². The van der Waals surface area contributed by atoms with Gasteiger partial charge in [0, 0.05) is 18.5 Å². The molecule has 0 amide bonds. The second-order valence-corrected chi connectivity index (χ2v) is 4.32. The molecule has 0 spiro atoms. The van der Waals surface area contributed by atoms with Gasteiger partial charge in [0.05, 0.1) is 11.2 Å². The Morgan fingerprint density at radius 2 is 2.13 bits per heavy atom. The van der Waals surface area contributed by atoms with Crippen molar-refractivity contribution in [2.75, 3.05) is 0 Å². The minimum atomic E-state index is -0.215. The minimum Gasteiger partial charge on any atom is -0.320 e. The van der Waals surface area contributed by atoms with Crippen LogP contribution in [0.1, 0.15) is 31.4 Å². The summed E-state index contributed by atoms with van der Waals surface area (Å²) < 4.78 is 1.79. The maximum atomic E-state index is 6.34. The van der Waals surface area contributed by atoms with Gasteiger partial charge in [0.15, 0.2) is 5.65 Å². The zero-order chi connectivity index (χ0) is 10.3. The summed E-state index contributed by atoms with van der Waals surface area (Å²) in [5, 5.41) is 4.50. The molecule has 0 unspecified atom stereocenters. The summed E-state index contributed by atoms with van der Waals surface area (Å²) >= 11 is 0. The minimum absolute atomic E-state index is 0.215. The normalized spacial score (nSPS) is 19.8. The van der Waals surface area contributed by atoms with E-state index in [4.69, 9.17) is 5.73 Å². The van der Waals surface area contributed by atoms with Crippen LogP contribution in [0.4, 0.5) is 0 Å². The van der Waals surface area contributed by atoms with Crippen LogP contribution in [0.3, 0.4) is 0 Å². The fraction of sp³-hybridized carbons (Fsp3) is 0.455. The fourth-order valence-electron chi connectivity index (χ4n) is 2.34. The number of fused-ring (bicyclic) bond motifs is 1. The molecule has 0 radical (unpaired) electrons. The first-order chi connectivity index (χ1) is 7.28. The molecule has 2 aromatic heterocycles. The highest BCUT2D eigenvalue weighted by molar-refractivity contribution is 5.40. The third-order valence-corrected chi connectivity index (χ3v) is 3.24. The van der Waals surface area contributed by atoms with Crippen molar-refractivity contribution in [3.8, 4) is 0 Å². The first-order valence-corrected chi connectivity index (χ1v) is 5.38. The van der Waals surface area contributed by atoms with E-state index in [0.29, 0.717) is 0 Å². The second kappa shape index (κ2) is 3.03. The monoisotopic (exact) mass is 202 g/mol. The Morgan fingerprint density at radius 3 is 2.87 bits per heavy atom. The SMILES string of the molecule is NC1(c2cc3ncccn3n2)CCCC1. The van der Waals surface area contributed by atoms with Gasteiger partial charge in [-0.15, -0.1) is 0 Å². The number of rotatable bonds is 1. The Morgan fingerprint density at radius 1 is 1.33 bits per heavy atom. The van der Waals surface area contributed by atoms with E-state index >= 15 is 0 Å². The van der Waals surface area contributed by atoms with Crippen LogP contribution in [0.5, 0.6) is 0 Å². The van der Waals surface area contributed by atoms with Gasteiger partial charge in [-0.2, -0.15) is 5.10 Å². The predicted octanol–water partition coefficient (Wildman–Crippen LogP) is 1.46. The first kappa shape index (κ1) is 8.85. The summed E-state index contributed by atoms with van der Waals surface area (Å²) in [7, 11) is 0. The molecule has 4 heteroatoms. The van der Waals surface area contributed by atoms with E-state index in [1.54, 1.807) is 10.7 Å². The number of hydrogen-bond acceptors (Lipinski definition) is 3. The van der Waals surface area contributed by atoms with Crippen LogP contribution in [0.2, 0.25) is 0 Å². The summed E-state index contributed by atoms with van der Waals surface area (Å²) in [6, 6.07) is 3.88. The molecule has 0 aromatic carbocycles. The molecular weight excluding hydrogens is 188 g/mol. The van der Waals surface area contributed by atoms with Crippen molar-refractivity contribution >= 4 is 5.65 Å². The molecular formula is C11H14N4. The molecule has 0 atom stereocenters. The molecule has 4 nitrogen and oxygen atoms in total. The van der Waals surface area contributed by atoms with Gasteiger partial charge in [-0.1, -0.05) is 12.8 Å². The van der Waals surface area contributed by atoms with Gasteiger partial charge in [-0.3, -0.25) is 0 Å². The first-order valence-electron chi connectivity index (χ1n) is 5.38. The van der Waals surface area contributed by atoms with Crippen molar-refractivity contribution in [2.24, 2.45) is 5.73 Å². The van der Waals surface area contributed by atoms with E-state index in [9.17, 15) is 0 Å². The highest BCUT2D eigenvalue weighted by Gasteiger charge is 2.33. The quantitative estimate of drug-likeness (QED) is 0.761. The van der Waals surface area contributed by atoms with Gasteiger partial charge in [-0.25, -0.2) is 9.50 Å². The molecule has 1 saturated carbocycles. The van der Waals surface area contributed by atoms with Crippen LogP contribution < -0.4 is 5.73 Å². The van der Waals surface area contributed by atoms with E-state index in [2.05, 4.69) is 10.1 Å². The highest BCUT2D eigenvalue weighted by atomic mass is 15.3. The van der Waals surface area contributed by atoms with Crippen LogP contribution in [-0.2, 0) is 5.54 Å². The van der Waals surface area contributed by atoms with Gasteiger partial charge in [0.1, 0.15) is 0 Å². The third kappa shape index (κ3) is 1.33. The number of hydrogen-bond donors (Lipinski definition) is 1. The lowest BCUT2D eigenvalue weighted by molar-refractivity contribution is 0.444. The Kier molecular flexibility index (Phi) is 1.79. The zero-order valence-electron chi connectivity index (χ0n) is 8.56. The Labute approximate surface area is 88.1 Å². The summed E-state index contributed by atoms with van der Waals surface area (Å²) in [5.41, 5.74) is 7.99. The third-order valence-electron chi connectivity index (χ3n) is 3.24. The number of nitrogens with zero attached hydrogens (tertiary/aromatic N) is 3. The average molecular weight is 202 g/mol. The zero-order valence-corrected chi connectivity index (χ0v) is 8.56. The highest BCUT2D eigenvalue weighted by Crippen LogP contribution is 2.35. The molecule has 1 fully saturated rings. The summed E-state index contributed by atoms with van der Waals surface area (Å²) in [5.74, 6) is 0. The molecule has 2 heterocycles. The molecule has 0 saturated heterocycles. The van der Waals surface area contributed by atoms with Crippen LogP contribution >= 0.6 is 0 Å². The van der Waals surface area contributed by atoms with E-state index in [0.717, 1.165) is 24.2 Å². The molecule has 78 valence electrons. The lowest BCUT2D eigenvalue weighted by atomic mass is 9.95. The average Bonchev–Trinajstić information content (AvgIpc) is 2.84. The molecule has 3 rings (SSSR count). The lowest BCUT2D eigenvalue weighted by Gasteiger charge is -2.19. The van der Waals surface area contributed by atoms with Crippen molar-refractivity contribution in [1.29, 1.82) is 0 Å². The van der Waals surface area contributed by atoms with Crippen LogP contribution in [0.15, 0.2) is 24.5 Å². The van der Waals surface area contributed by atoms with Crippen molar-refractivity contribution in [3.63, 3.8) is 0 Å². The number of aromatic nitrogens is 3. The smallest absolute Gasteiger partial charge is 0.155 e. The van der Waals surface area contributed by atoms with Crippen molar-refractivity contribution < 1.29 is 0 Å². The van der Waals surface area contributed by atoms with E-state index < -0.39 is 0 Å². The van der Waals surface area contributed by atoms with Gasteiger partial charge in [0.25, 0.3) is 0 Å². The van der Waals surface area contributed by atoms with Crippen LogP contribution in [0.25, 0.3) is 5.65 Å². The van der Waals surface area contributed by atoms with Crippen molar-refractivity contribution in [2.45, 2.75) is 31.2 Å². The van der Waals surface area contributed by atoms with Gasteiger partial charge >= 0.3 is 0 Å². The van der Waals surface area contributed by atoms with E-state index in [1.807, 2.05) is 18.3 Å². The largest absolute Gasteiger partial charge is 0.320 e. The molecule has 15 heavy (non-hydrogen) atoms. The topological polar surface area (TPSA) is 56.2 Å². The van der Waals surface area contributed by atoms with Crippen molar-refractivity contribution in [3.05, 3.63) is 30.2 Å². The Balaban J connectivity index is 2.11. The maximum absolute atomic E-state index is 6.34.